The van der Waals surface area contributed by atoms with Crippen molar-refractivity contribution in [1.29, 1.82) is 0 Å². The van der Waals surface area contributed by atoms with E-state index >= 15 is 0 Å². The molecule has 0 spiro atoms. The summed E-state index contributed by atoms with van der Waals surface area (Å²) in [5.74, 6) is 1.74. The maximum atomic E-state index is 4.57. The first-order valence-electron chi connectivity index (χ1n) is 5.93. The fourth-order valence-corrected chi connectivity index (χ4v) is 2.70. The monoisotopic (exact) mass is 249 g/mol. The molecule has 1 atom stereocenters. The summed E-state index contributed by atoms with van der Waals surface area (Å²) < 4.78 is 0. The van der Waals surface area contributed by atoms with Gasteiger partial charge >= 0.3 is 0 Å². The molecule has 2 rings (SSSR count). The lowest BCUT2D eigenvalue weighted by Crippen LogP contribution is -2.17. The zero-order valence-corrected chi connectivity index (χ0v) is 11.4. The van der Waals surface area contributed by atoms with Crippen molar-refractivity contribution in [2.45, 2.75) is 19.0 Å². The number of aromatic amines is 1. The van der Waals surface area contributed by atoms with Crippen molar-refractivity contribution in [3.8, 4) is 0 Å². The van der Waals surface area contributed by atoms with Crippen LogP contribution in [0.15, 0.2) is 23.4 Å². The Morgan fingerprint density at radius 1 is 1.47 bits per heavy atom. The van der Waals surface area contributed by atoms with E-state index in [4.69, 9.17) is 0 Å². The molecular formula is C13H19N3S. The van der Waals surface area contributed by atoms with Crippen molar-refractivity contribution in [3.63, 3.8) is 0 Å². The summed E-state index contributed by atoms with van der Waals surface area (Å²) in [7, 11) is 1.99. The summed E-state index contributed by atoms with van der Waals surface area (Å²) in [5, 5.41) is 4.22. The molecule has 0 radical (unpaired) electrons. The number of H-pyrrole nitrogens is 1. The summed E-state index contributed by atoms with van der Waals surface area (Å²) in [4.78, 5) is 7.94. The van der Waals surface area contributed by atoms with E-state index in [0.717, 1.165) is 28.5 Å². The van der Waals surface area contributed by atoms with Crippen molar-refractivity contribution in [3.05, 3.63) is 23.8 Å². The number of nitrogens with one attached hydrogen (secondary N) is 2. The van der Waals surface area contributed by atoms with Crippen LogP contribution in [-0.2, 0) is 0 Å². The number of aromatic nitrogens is 2. The molecule has 0 aliphatic heterocycles. The highest BCUT2D eigenvalue weighted by molar-refractivity contribution is 7.99. The van der Waals surface area contributed by atoms with Crippen LogP contribution in [0, 0.1) is 12.8 Å². The van der Waals surface area contributed by atoms with Crippen LogP contribution in [0.2, 0.25) is 0 Å². The van der Waals surface area contributed by atoms with Crippen molar-refractivity contribution in [2.24, 2.45) is 5.92 Å². The van der Waals surface area contributed by atoms with Crippen LogP contribution in [0.4, 0.5) is 0 Å². The van der Waals surface area contributed by atoms with Crippen LogP contribution in [0.5, 0.6) is 0 Å². The normalized spacial score (nSPS) is 13.1. The topological polar surface area (TPSA) is 40.7 Å². The van der Waals surface area contributed by atoms with Gasteiger partial charge < -0.3 is 10.3 Å². The molecule has 3 nitrogen and oxygen atoms in total. The molecule has 17 heavy (non-hydrogen) atoms. The fourth-order valence-electron chi connectivity index (χ4n) is 1.80. The second-order valence-electron chi connectivity index (χ2n) is 4.54. The molecule has 0 aliphatic carbocycles. The Balaban J connectivity index is 2.04. The van der Waals surface area contributed by atoms with E-state index in [9.17, 15) is 0 Å². The van der Waals surface area contributed by atoms with Crippen molar-refractivity contribution < 1.29 is 0 Å². The van der Waals surface area contributed by atoms with E-state index < -0.39 is 0 Å². The highest BCUT2D eigenvalue weighted by Crippen LogP contribution is 2.21. The van der Waals surface area contributed by atoms with Gasteiger partial charge in [-0.2, -0.15) is 0 Å². The van der Waals surface area contributed by atoms with Gasteiger partial charge in [0.15, 0.2) is 5.16 Å². The third-order valence-electron chi connectivity index (χ3n) is 2.67. The summed E-state index contributed by atoms with van der Waals surface area (Å²) in [6.45, 7) is 5.39. The SMILES string of the molecule is CNCC(C)CSc1nc2ccc(C)cc2[nH]1. The Hall–Kier alpha value is -1.00. The molecule has 1 heterocycles. The average Bonchev–Trinajstić information content (AvgIpc) is 2.68. The molecular weight excluding hydrogens is 230 g/mol. The number of imidazole rings is 1. The Labute approximate surface area is 106 Å². The molecule has 0 amide bonds. The van der Waals surface area contributed by atoms with Gasteiger partial charge in [-0.15, -0.1) is 0 Å². The third kappa shape index (κ3) is 3.23. The van der Waals surface area contributed by atoms with Gasteiger partial charge in [-0.25, -0.2) is 4.98 Å². The summed E-state index contributed by atoms with van der Waals surface area (Å²) in [6.07, 6.45) is 0. The number of nitrogens with zero attached hydrogens (tertiary/aromatic N) is 1. The predicted octanol–water partition coefficient (Wildman–Crippen LogP) is 2.82. The maximum absolute atomic E-state index is 4.57. The number of fused-ring (bicyclic) bond motifs is 1. The standard InChI is InChI=1S/C13H19N3S/c1-9-4-5-11-12(6-9)16-13(15-11)17-8-10(2)7-14-3/h4-6,10,14H,7-8H2,1-3H3,(H,15,16). The number of benzene rings is 1. The molecule has 1 aromatic carbocycles. The van der Waals surface area contributed by atoms with E-state index in [1.807, 2.05) is 7.05 Å². The number of hydrogen-bond donors (Lipinski definition) is 2. The number of rotatable bonds is 5. The van der Waals surface area contributed by atoms with Crippen LogP contribution < -0.4 is 5.32 Å². The fraction of sp³-hybridized carbons (Fsp3) is 0.462. The minimum absolute atomic E-state index is 0.653. The van der Waals surface area contributed by atoms with Crippen molar-refractivity contribution in [2.75, 3.05) is 19.3 Å². The van der Waals surface area contributed by atoms with Gasteiger partial charge in [-0.1, -0.05) is 24.8 Å². The van der Waals surface area contributed by atoms with Crippen LogP contribution in [0.3, 0.4) is 0 Å². The molecule has 0 saturated carbocycles. The molecule has 2 aromatic rings. The molecule has 1 aromatic heterocycles. The van der Waals surface area contributed by atoms with Crippen LogP contribution in [0.1, 0.15) is 12.5 Å². The van der Waals surface area contributed by atoms with E-state index in [1.54, 1.807) is 11.8 Å². The first-order valence-corrected chi connectivity index (χ1v) is 6.91. The molecule has 0 bridgehead atoms. The van der Waals surface area contributed by atoms with Crippen LogP contribution in [-0.4, -0.2) is 29.3 Å². The maximum Gasteiger partial charge on any atom is 0.166 e. The van der Waals surface area contributed by atoms with Gasteiger partial charge in [-0.3, -0.25) is 0 Å². The lowest BCUT2D eigenvalue weighted by molar-refractivity contribution is 0.603. The minimum atomic E-state index is 0.653. The van der Waals surface area contributed by atoms with E-state index in [0.29, 0.717) is 5.92 Å². The van der Waals surface area contributed by atoms with Gasteiger partial charge in [0.2, 0.25) is 0 Å². The second-order valence-corrected chi connectivity index (χ2v) is 5.55. The Morgan fingerprint density at radius 3 is 3.06 bits per heavy atom. The summed E-state index contributed by atoms with van der Waals surface area (Å²) >= 11 is 1.79. The zero-order valence-electron chi connectivity index (χ0n) is 10.6. The molecule has 0 saturated heterocycles. The first-order chi connectivity index (χ1) is 8.19. The van der Waals surface area contributed by atoms with Gasteiger partial charge in [0.25, 0.3) is 0 Å². The zero-order chi connectivity index (χ0) is 12.3. The van der Waals surface area contributed by atoms with Gasteiger partial charge in [0, 0.05) is 5.75 Å². The lowest BCUT2D eigenvalue weighted by atomic mass is 10.2. The molecule has 2 N–H and O–H groups in total. The predicted molar refractivity (Wildman–Crippen MR) is 74.6 cm³/mol. The average molecular weight is 249 g/mol. The lowest BCUT2D eigenvalue weighted by Gasteiger charge is -2.07. The van der Waals surface area contributed by atoms with Crippen LogP contribution in [0.25, 0.3) is 11.0 Å². The molecule has 92 valence electrons. The largest absolute Gasteiger partial charge is 0.333 e. The molecule has 4 heteroatoms. The van der Waals surface area contributed by atoms with E-state index in [1.165, 1.54) is 5.56 Å². The smallest absolute Gasteiger partial charge is 0.166 e. The Bertz CT molecular complexity index is 492. The number of aryl methyl sites for hydroxylation is 1. The minimum Gasteiger partial charge on any atom is -0.333 e. The number of thioether (sulfide) groups is 1. The second kappa shape index (κ2) is 5.56. The Morgan fingerprint density at radius 2 is 2.29 bits per heavy atom. The molecule has 0 aliphatic rings. The highest BCUT2D eigenvalue weighted by Gasteiger charge is 2.06. The summed E-state index contributed by atoms with van der Waals surface area (Å²) in [5.41, 5.74) is 3.45. The quantitative estimate of drug-likeness (QED) is 0.801. The molecule has 0 fully saturated rings. The number of hydrogen-bond acceptors (Lipinski definition) is 3. The first kappa shape index (κ1) is 12.5. The van der Waals surface area contributed by atoms with Gasteiger partial charge in [0.05, 0.1) is 11.0 Å². The van der Waals surface area contributed by atoms with Gasteiger partial charge in [-0.05, 0) is 44.1 Å². The Kier molecular flexibility index (Phi) is 4.07. The van der Waals surface area contributed by atoms with Crippen molar-refractivity contribution in [1.82, 2.24) is 15.3 Å². The third-order valence-corrected chi connectivity index (χ3v) is 3.88. The van der Waals surface area contributed by atoms with Crippen LogP contribution >= 0.6 is 11.8 Å². The van der Waals surface area contributed by atoms with Crippen molar-refractivity contribution >= 4 is 22.8 Å². The highest BCUT2D eigenvalue weighted by atomic mass is 32.2. The van der Waals surface area contributed by atoms with E-state index in [-0.39, 0.29) is 0 Å². The van der Waals surface area contributed by atoms with Gasteiger partial charge in [0.1, 0.15) is 0 Å². The van der Waals surface area contributed by atoms with E-state index in [2.05, 4.69) is 47.3 Å². The molecule has 1 unspecified atom stereocenters. The summed E-state index contributed by atoms with van der Waals surface area (Å²) in [6, 6.07) is 6.31.